The quantitative estimate of drug-likeness (QED) is 0.109. The van der Waals surface area contributed by atoms with E-state index in [2.05, 4.69) is 27.7 Å². The molecule has 0 aromatic heterocycles. The maximum atomic E-state index is 11.4. The number of aliphatic hydroxyl groups excluding tert-OH is 1. The summed E-state index contributed by atoms with van der Waals surface area (Å²) in [6, 6.07) is 41.4. The van der Waals surface area contributed by atoms with Gasteiger partial charge < -0.3 is 30.1 Å². The summed E-state index contributed by atoms with van der Waals surface area (Å²) in [5.41, 5.74) is 6.22. The third-order valence-electron chi connectivity index (χ3n) is 7.14. The number of ether oxygens (including phenoxy) is 2. The molecule has 0 saturated carbocycles. The van der Waals surface area contributed by atoms with Crippen LogP contribution in [0.3, 0.4) is 0 Å². The molecular weight excluding hydrogens is 550 g/mol. The van der Waals surface area contributed by atoms with Gasteiger partial charge in [0.25, 0.3) is 0 Å². The summed E-state index contributed by atoms with van der Waals surface area (Å²) in [6.45, 7) is 3.92. The van der Waals surface area contributed by atoms with Crippen molar-refractivity contribution in [3.05, 3.63) is 144 Å². The molecular formula is C37H37N3O4. The van der Waals surface area contributed by atoms with E-state index in [0.717, 1.165) is 33.9 Å². The number of hydrogen-bond donors (Lipinski definition) is 3. The van der Waals surface area contributed by atoms with Crippen molar-refractivity contribution in [2.45, 2.75) is 26.2 Å². The summed E-state index contributed by atoms with van der Waals surface area (Å²) in [7, 11) is 0. The molecule has 5 rings (SSSR count). The van der Waals surface area contributed by atoms with Crippen LogP contribution in [0.25, 0.3) is 0 Å². The Morgan fingerprint density at radius 2 is 1.41 bits per heavy atom. The molecule has 0 spiro atoms. The Balaban J connectivity index is 1.31. The number of carbonyl (C=O) groups excluding carboxylic acids is 1. The van der Waals surface area contributed by atoms with Gasteiger partial charge in [-0.05, 0) is 84.3 Å². The third-order valence-corrected chi connectivity index (χ3v) is 7.14. The smallest absolute Gasteiger partial charge is 0.211 e. The van der Waals surface area contributed by atoms with E-state index in [1.165, 1.54) is 0 Å². The molecule has 5 aromatic rings. The SMILES string of the molecule is CCOc1ccc(Nc2ccc(N(Cc3ccccc3)CC(O)c3ccc(OCc4ccccc4)c(NC=O)c3)cc2)cc1. The van der Waals surface area contributed by atoms with Crippen LogP contribution in [0.1, 0.15) is 29.7 Å². The van der Waals surface area contributed by atoms with Crippen LogP contribution in [-0.4, -0.2) is 24.7 Å². The zero-order valence-corrected chi connectivity index (χ0v) is 24.7. The van der Waals surface area contributed by atoms with E-state index < -0.39 is 6.10 Å². The van der Waals surface area contributed by atoms with Crippen LogP contribution in [0.4, 0.5) is 22.7 Å². The van der Waals surface area contributed by atoms with Gasteiger partial charge in [0.2, 0.25) is 6.41 Å². The van der Waals surface area contributed by atoms with Gasteiger partial charge in [-0.1, -0.05) is 66.7 Å². The largest absolute Gasteiger partial charge is 0.494 e. The van der Waals surface area contributed by atoms with E-state index in [0.29, 0.717) is 49.7 Å². The number of anilines is 4. The predicted octanol–water partition coefficient (Wildman–Crippen LogP) is 7.72. The highest BCUT2D eigenvalue weighted by Gasteiger charge is 2.17. The number of carbonyl (C=O) groups is 1. The van der Waals surface area contributed by atoms with Gasteiger partial charge in [0.1, 0.15) is 18.1 Å². The molecule has 7 heteroatoms. The molecule has 44 heavy (non-hydrogen) atoms. The molecule has 7 nitrogen and oxygen atoms in total. The Labute approximate surface area is 258 Å². The van der Waals surface area contributed by atoms with E-state index >= 15 is 0 Å². The highest BCUT2D eigenvalue weighted by atomic mass is 16.5. The standard InChI is InChI=1S/C37H37N3O4/c1-2-43-34-20-16-32(17-21-34)39-31-14-18-33(19-15-31)40(24-28-9-5-3-6-10-28)25-36(42)30-13-22-37(35(23-30)38-27-41)44-26-29-11-7-4-8-12-29/h3-23,27,36,39,42H,2,24-26H2,1H3,(H,38,41). The Morgan fingerprint density at radius 1 is 0.773 bits per heavy atom. The van der Waals surface area contributed by atoms with Crippen molar-refractivity contribution in [2.75, 3.05) is 28.7 Å². The van der Waals surface area contributed by atoms with Crippen molar-refractivity contribution in [1.29, 1.82) is 0 Å². The lowest BCUT2D eigenvalue weighted by Gasteiger charge is -2.28. The first-order chi connectivity index (χ1) is 21.6. The van der Waals surface area contributed by atoms with Crippen LogP contribution in [0, 0.1) is 0 Å². The molecule has 0 aliphatic carbocycles. The lowest BCUT2D eigenvalue weighted by Crippen LogP contribution is -2.28. The van der Waals surface area contributed by atoms with Crippen LogP contribution in [0.5, 0.6) is 11.5 Å². The number of aliphatic hydroxyl groups is 1. The fourth-order valence-corrected chi connectivity index (χ4v) is 4.89. The van der Waals surface area contributed by atoms with Gasteiger partial charge in [-0.3, -0.25) is 4.79 Å². The van der Waals surface area contributed by atoms with E-state index in [-0.39, 0.29) is 0 Å². The Kier molecular flexibility index (Phi) is 10.5. The number of nitrogens with zero attached hydrogens (tertiary/aromatic N) is 1. The van der Waals surface area contributed by atoms with E-state index in [1.807, 2.05) is 110 Å². The molecule has 5 aromatic carbocycles. The number of hydrogen-bond acceptors (Lipinski definition) is 6. The molecule has 0 heterocycles. The normalized spacial score (nSPS) is 11.3. The first-order valence-corrected chi connectivity index (χ1v) is 14.7. The van der Waals surface area contributed by atoms with Gasteiger partial charge in [0.15, 0.2) is 0 Å². The molecule has 1 amide bonds. The first kappa shape index (κ1) is 30.2. The van der Waals surface area contributed by atoms with E-state index in [1.54, 1.807) is 12.1 Å². The average molecular weight is 588 g/mol. The Bertz CT molecular complexity index is 1590. The van der Waals surface area contributed by atoms with Gasteiger partial charge in [-0.15, -0.1) is 0 Å². The van der Waals surface area contributed by atoms with Crippen LogP contribution < -0.4 is 25.0 Å². The maximum absolute atomic E-state index is 11.4. The van der Waals surface area contributed by atoms with Crippen molar-refractivity contribution < 1.29 is 19.4 Å². The number of nitrogens with one attached hydrogen (secondary N) is 2. The second kappa shape index (κ2) is 15.3. The predicted molar refractivity (Wildman–Crippen MR) is 177 cm³/mol. The summed E-state index contributed by atoms with van der Waals surface area (Å²) in [6.07, 6.45) is -0.207. The van der Waals surface area contributed by atoms with Crippen molar-refractivity contribution in [3.8, 4) is 11.5 Å². The van der Waals surface area contributed by atoms with Crippen LogP contribution >= 0.6 is 0 Å². The van der Waals surface area contributed by atoms with Crippen molar-refractivity contribution in [1.82, 2.24) is 0 Å². The topological polar surface area (TPSA) is 83.1 Å². The molecule has 0 radical (unpaired) electrons. The number of rotatable bonds is 15. The molecule has 3 N–H and O–H groups in total. The van der Waals surface area contributed by atoms with Gasteiger partial charge in [-0.2, -0.15) is 0 Å². The van der Waals surface area contributed by atoms with Gasteiger partial charge in [0, 0.05) is 30.2 Å². The first-order valence-electron chi connectivity index (χ1n) is 14.7. The molecule has 1 unspecified atom stereocenters. The minimum Gasteiger partial charge on any atom is -0.494 e. The molecule has 0 saturated heterocycles. The van der Waals surface area contributed by atoms with Gasteiger partial charge in [-0.25, -0.2) is 0 Å². The zero-order valence-electron chi connectivity index (χ0n) is 24.7. The summed E-state index contributed by atoms with van der Waals surface area (Å²) >= 11 is 0. The summed E-state index contributed by atoms with van der Waals surface area (Å²) < 4.78 is 11.5. The summed E-state index contributed by atoms with van der Waals surface area (Å²) in [5.74, 6) is 1.38. The fourth-order valence-electron chi connectivity index (χ4n) is 4.89. The molecule has 224 valence electrons. The number of benzene rings is 5. The highest BCUT2D eigenvalue weighted by molar-refractivity contribution is 5.76. The van der Waals surface area contributed by atoms with Crippen LogP contribution in [-0.2, 0) is 17.9 Å². The monoisotopic (exact) mass is 587 g/mol. The Morgan fingerprint density at radius 3 is 2.05 bits per heavy atom. The minimum atomic E-state index is -0.823. The van der Waals surface area contributed by atoms with Crippen LogP contribution in [0.2, 0.25) is 0 Å². The molecule has 0 fully saturated rings. The lowest BCUT2D eigenvalue weighted by atomic mass is 10.1. The lowest BCUT2D eigenvalue weighted by molar-refractivity contribution is -0.105. The Hall–Kier alpha value is -5.27. The van der Waals surface area contributed by atoms with E-state index in [9.17, 15) is 9.90 Å². The van der Waals surface area contributed by atoms with Crippen molar-refractivity contribution in [3.63, 3.8) is 0 Å². The molecule has 0 aliphatic heterocycles. The zero-order chi connectivity index (χ0) is 30.6. The average Bonchev–Trinajstić information content (AvgIpc) is 3.06. The number of amides is 1. The summed E-state index contributed by atoms with van der Waals surface area (Å²) in [5, 5.41) is 17.6. The molecule has 0 aliphatic rings. The fraction of sp³-hybridized carbons (Fsp3) is 0.162. The van der Waals surface area contributed by atoms with E-state index in [4.69, 9.17) is 9.47 Å². The van der Waals surface area contributed by atoms with Crippen molar-refractivity contribution in [2.24, 2.45) is 0 Å². The third kappa shape index (κ3) is 8.40. The summed E-state index contributed by atoms with van der Waals surface area (Å²) in [4.78, 5) is 13.5. The second-order valence-electron chi connectivity index (χ2n) is 10.3. The molecule has 0 bridgehead atoms. The second-order valence-corrected chi connectivity index (χ2v) is 10.3. The van der Waals surface area contributed by atoms with Gasteiger partial charge in [0.05, 0.1) is 18.4 Å². The highest BCUT2D eigenvalue weighted by Crippen LogP contribution is 2.31. The van der Waals surface area contributed by atoms with Crippen molar-refractivity contribution >= 4 is 29.2 Å². The minimum absolute atomic E-state index is 0.339. The maximum Gasteiger partial charge on any atom is 0.211 e. The van der Waals surface area contributed by atoms with Gasteiger partial charge >= 0.3 is 0 Å². The molecule has 1 atom stereocenters. The van der Waals surface area contributed by atoms with Crippen LogP contribution in [0.15, 0.2) is 127 Å².